The van der Waals surface area contributed by atoms with Crippen LogP contribution in [0.5, 0.6) is 0 Å². The van der Waals surface area contributed by atoms with E-state index < -0.39 is 7.82 Å². The van der Waals surface area contributed by atoms with Crippen LogP contribution < -0.4 is 4.89 Å². The quantitative estimate of drug-likeness (QED) is 0.737. The molecule has 0 aromatic rings. The van der Waals surface area contributed by atoms with Gasteiger partial charge in [-0.05, 0) is 5.41 Å². The Labute approximate surface area is 80.8 Å². The van der Waals surface area contributed by atoms with Crippen molar-refractivity contribution in [2.75, 3.05) is 6.61 Å². The Morgan fingerprint density at radius 2 is 1.91 bits per heavy atom. The number of phosphoric acid groups is 1. The SMILES string of the molecule is CC(C)(C)COP(=O)([O-])O.[W]. The fraction of sp³-hybridized carbons (Fsp3) is 1.00. The summed E-state index contributed by atoms with van der Waals surface area (Å²) in [7, 11) is -4.51. The molecule has 0 radical (unpaired) electrons. The first kappa shape index (κ1) is 14.3. The summed E-state index contributed by atoms with van der Waals surface area (Å²) in [6.45, 7) is 5.43. The van der Waals surface area contributed by atoms with Gasteiger partial charge in [0.1, 0.15) is 0 Å². The molecule has 0 aliphatic carbocycles. The molecule has 0 saturated heterocycles. The molecule has 0 fully saturated rings. The Balaban J connectivity index is 0. The van der Waals surface area contributed by atoms with Crippen molar-refractivity contribution in [1.29, 1.82) is 0 Å². The van der Waals surface area contributed by atoms with E-state index in [4.69, 9.17) is 4.89 Å². The standard InChI is InChI=1S/C5H13O4P.W/c1-5(2,3)4-9-10(6,7)8;/h4H2,1-3H3,(H2,6,7,8);/p-1. The van der Waals surface area contributed by atoms with Gasteiger partial charge in [0.2, 0.25) is 0 Å². The second-order valence-corrected chi connectivity index (χ2v) is 4.50. The van der Waals surface area contributed by atoms with Crippen LogP contribution in [0, 0.1) is 5.41 Å². The van der Waals surface area contributed by atoms with Gasteiger partial charge in [-0.15, -0.1) is 0 Å². The molecule has 0 heterocycles. The van der Waals surface area contributed by atoms with Gasteiger partial charge in [0.15, 0.2) is 0 Å². The molecule has 0 bridgehead atoms. The van der Waals surface area contributed by atoms with Gasteiger partial charge < -0.3 is 14.3 Å². The van der Waals surface area contributed by atoms with Crippen molar-refractivity contribution in [2.45, 2.75) is 20.8 Å². The monoisotopic (exact) mass is 351 g/mol. The zero-order chi connectivity index (χ0) is 8.41. The maximum atomic E-state index is 10.0. The molecule has 0 aromatic heterocycles. The Morgan fingerprint density at radius 1 is 1.55 bits per heavy atom. The molecule has 1 N–H and O–H groups in total. The fourth-order valence-electron chi connectivity index (χ4n) is 0.275. The Bertz CT molecular complexity index is 147. The van der Waals surface area contributed by atoms with Crippen molar-refractivity contribution in [3.63, 3.8) is 0 Å². The zero-order valence-corrected chi connectivity index (χ0v) is 10.6. The number of rotatable bonds is 2. The average molecular weight is 351 g/mol. The average Bonchev–Trinajstić information content (AvgIpc) is 1.57. The van der Waals surface area contributed by atoms with Crippen molar-refractivity contribution >= 4 is 7.82 Å². The predicted molar refractivity (Wildman–Crippen MR) is 35.2 cm³/mol. The van der Waals surface area contributed by atoms with Gasteiger partial charge in [0.05, 0.1) is 6.61 Å². The van der Waals surface area contributed by atoms with Gasteiger partial charge in [-0.2, -0.15) is 0 Å². The summed E-state index contributed by atoms with van der Waals surface area (Å²) in [6.07, 6.45) is 0. The van der Waals surface area contributed by atoms with Crippen LogP contribution in [0.4, 0.5) is 0 Å². The third-order valence-electron chi connectivity index (χ3n) is 0.661. The largest absolute Gasteiger partial charge is 0.756 e. The van der Waals surface area contributed by atoms with Crippen LogP contribution in [0.25, 0.3) is 0 Å². The topological polar surface area (TPSA) is 69.6 Å². The van der Waals surface area contributed by atoms with Gasteiger partial charge in [-0.3, -0.25) is 4.57 Å². The van der Waals surface area contributed by atoms with Crippen LogP contribution in [-0.2, 0) is 30.2 Å². The molecular formula is C5H12O4PW-. The minimum absolute atomic E-state index is 0. The third-order valence-corrected chi connectivity index (χ3v) is 1.12. The molecule has 1 atom stereocenters. The Hall–Kier alpha value is 0.798. The normalized spacial score (nSPS) is 16.8. The summed E-state index contributed by atoms with van der Waals surface area (Å²) in [5.41, 5.74) is -0.247. The summed E-state index contributed by atoms with van der Waals surface area (Å²) in [5, 5.41) is 0. The van der Waals surface area contributed by atoms with Crippen molar-refractivity contribution in [3.8, 4) is 0 Å². The van der Waals surface area contributed by atoms with Crippen molar-refractivity contribution in [2.24, 2.45) is 5.41 Å². The maximum Gasteiger partial charge on any atom is 0.265 e. The number of hydrogen-bond acceptors (Lipinski definition) is 3. The van der Waals surface area contributed by atoms with Crippen molar-refractivity contribution < 1.29 is 39.9 Å². The molecule has 0 rings (SSSR count). The molecule has 68 valence electrons. The minimum atomic E-state index is -4.51. The molecule has 4 nitrogen and oxygen atoms in total. The van der Waals surface area contributed by atoms with Crippen LogP contribution in [0.3, 0.4) is 0 Å². The predicted octanol–water partition coefficient (Wildman–Crippen LogP) is 0.507. The van der Waals surface area contributed by atoms with Crippen LogP contribution in [0.2, 0.25) is 0 Å². The van der Waals surface area contributed by atoms with Crippen LogP contribution in [-0.4, -0.2) is 11.5 Å². The molecule has 0 spiro atoms. The minimum Gasteiger partial charge on any atom is -0.756 e. The molecule has 0 aliphatic heterocycles. The van der Waals surface area contributed by atoms with Crippen LogP contribution in [0.15, 0.2) is 0 Å². The van der Waals surface area contributed by atoms with Crippen LogP contribution in [0.1, 0.15) is 20.8 Å². The van der Waals surface area contributed by atoms with Gasteiger partial charge >= 0.3 is 0 Å². The van der Waals surface area contributed by atoms with E-state index >= 15 is 0 Å². The molecule has 0 saturated carbocycles. The van der Waals surface area contributed by atoms with E-state index in [1.807, 2.05) is 20.8 Å². The third kappa shape index (κ3) is 13.7. The summed E-state index contributed by atoms with van der Waals surface area (Å²) in [4.78, 5) is 18.2. The molecular weight excluding hydrogens is 339 g/mol. The van der Waals surface area contributed by atoms with E-state index in [0.29, 0.717) is 0 Å². The smallest absolute Gasteiger partial charge is 0.265 e. The Kier molecular flexibility index (Phi) is 6.17. The molecule has 6 heteroatoms. The van der Waals surface area contributed by atoms with E-state index in [1.54, 1.807) is 0 Å². The van der Waals surface area contributed by atoms with E-state index in [0.717, 1.165) is 0 Å². The van der Waals surface area contributed by atoms with Gasteiger partial charge in [-0.25, -0.2) is 0 Å². The van der Waals surface area contributed by atoms with Gasteiger partial charge in [-0.1, -0.05) is 20.8 Å². The second kappa shape index (κ2) is 4.73. The summed E-state index contributed by atoms with van der Waals surface area (Å²) >= 11 is 0. The van der Waals surface area contributed by atoms with Gasteiger partial charge in [0.25, 0.3) is 7.82 Å². The van der Waals surface area contributed by atoms with Crippen molar-refractivity contribution in [3.05, 3.63) is 0 Å². The summed E-state index contributed by atoms with van der Waals surface area (Å²) in [5.74, 6) is 0. The first-order valence-electron chi connectivity index (χ1n) is 2.89. The van der Waals surface area contributed by atoms with E-state index in [9.17, 15) is 9.46 Å². The zero-order valence-electron chi connectivity index (χ0n) is 6.73. The molecule has 11 heavy (non-hydrogen) atoms. The van der Waals surface area contributed by atoms with Crippen molar-refractivity contribution in [1.82, 2.24) is 0 Å². The number of phosphoric ester groups is 1. The van der Waals surface area contributed by atoms with E-state index in [1.165, 1.54) is 0 Å². The molecule has 0 aliphatic rings. The van der Waals surface area contributed by atoms with Crippen LogP contribution >= 0.6 is 7.82 Å². The summed E-state index contributed by atoms with van der Waals surface area (Å²) < 4.78 is 14.2. The second-order valence-electron chi connectivity index (χ2n) is 3.30. The van der Waals surface area contributed by atoms with E-state index in [-0.39, 0.29) is 33.1 Å². The van der Waals surface area contributed by atoms with E-state index in [2.05, 4.69) is 4.52 Å². The maximum absolute atomic E-state index is 10.0. The first-order chi connectivity index (χ1) is 4.21. The molecule has 1 unspecified atom stereocenters. The number of hydrogen-bond donors (Lipinski definition) is 1. The molecule has 0 aromatic carbocycles. The first-order valence-corrected chi connectivity index (χ1v) is 4.39. The van der Waals surface area contributed by atoms with Gasteiger partial charge in [0, 0.05) is 21.1 Å². The Morgan fingerprint density at radius 3 is 2.00 bits per heavy atom. The summed E-state index contributed by atoms with van der Waals surface area (Å²) in [6, 6.07) is 0. The fourth-order valence-corrected chi connectivity index (χ4v) is 0.826. The molecule has 0 amide bonds.